The van der Waals surface area contributed by atoms with Crippen LogP contribution in [0.25, 0.3) is 0 Å². The molecule has 1 rings (SSSR count). The van der Waals surface area contributed by atoms with Gasteiger partial charge in [0.2, 0.25) is 10.0 Å². The van der Waals surface area contributed by atoms with Crippen molar-refractivity contribution in [3.8, 4) is 0 Å². The number of hydrogen-bond acceptors (Lipinski definition) is 5. The molecule has 1 N–H and O–H groups in total. The van der Waals surface area contributed by atoms with Crippen LogP contribution >= 0.6 is 0 Å². The summed E-state index contributed by atoms with van der Waals surface area (Å²) in [5.41, 5.74) is 0. The van der Waals surface area contributed by atoms with E-state index in [9.17, 15) is 27.1 Å². The summed E-state index contributed by atoms with van der Waals surface area (Å²) >= 11 is 0. The van der Waals surface area contributed by atoms with Crippen LogP contribution in [0.4, 0.5) is 8.78 Å². The second-order valence-electron chi connectivity index (χ2n) is 4.01. The average molecular weight is 323 g/mol. The maximum absolute atomic E-state index is 13.2. The maximum Gasteiger partial charge on any atom is 0.326 e. The number of methoxy groups -OCH3 is 1. The van der Waals surface area contributed by atoms with Gasteiger partial charge in [-0.15, -0.1) is 0 Å². The molecular weight excluding hydrogens is 308 g/mol. The van der Waals surface area contributed by atoms with Crippen LogP contribution in [0.15, 0.2) is 23.1 Å². The predicted molar refractivity (Wildman–Crippen MR) is 68.8 cm³/mol. The van der Waals surface area contributed by atoms with Crippen LogP contribution in [0.2, 0.25) is 0 Å². The number of halogens is 2. The van der Waals surface area contributed by atoms with Gasteiger partial charge in [0.05, 0.1) is 18.6 Å². The van der Waals surface area contributed by atoms with E-state index in [1.54, 1.807) is 0 Å². The third-order valence-electron chi connectivity index (χ3n) is 2.80. The van der Waals surface area contributed by atoms with Gasteiger partial charge >= 0.3 is 5.97 Å². The van der Waals surface area contributed by atoms with Crippen LogP contribution in [0.3, 0.4) is 0 Å². The summed E-state index contributed by atoms with van der Waals surface area (Å²) in [6.45, 7) is 0.466. The Bertz CT molecular complexity index is 620. The number of likely N-dealkylation sites (N-methyl/N-ethyl adjacent to an activating group) is 1. The minimum Gasteiger partial charge on any atom is -0.468 e. The summed E-state index contributed by atoms with van der Waals surface area (Å²) in [6.07, 6.45) is 0. The Morgan fingerprint density at radius 1 is 1.38 bits per heavy atom. The third kappa shape index (κ3) is 3.55. The van der Waals surface area contributed by atoms with Crippen molar-refractivity contribution < 1.29 is 31.8 Å². The van der Waals surface area contributed by atoms with Crippen molar-refractivity contribution in [2.45, 2.75) is 17.9 Å². The van der Waals surface area contributed by atoms with Gasteiger partial charge in [-0.3, -0.25) is 4.79 Å². The van der Waals surface area contributed by atoms with Crippen LogP contribution in [-0.2, 0) is 19.6 Å². The predicted octanol–water partition coefficient (Wildman–Crippen LogP) is 0.509. The van der Waals surface area contributed by atoms with Crippen molar-refractivity contribution >= 4 is 16.0 Å². The number of hydrogen-bond donors (Lipinski definition) is 1. The van der Waals surface area contributed by atoms with Crippen LogP contribution in [0.5, 0.6) is 0 Å². The van der Waals surface area contributed by atoms with Gasteiger partial charge in [-0.05, 0) is 18.2 Å². The maximum atomic E-state index is 13.2. The van der Waals surface area contributed by atoms with E-state index in [0.717, 1.165) is 13.2 Å². The van der Waals surface area contributed by atoms with Crippen LogP contribution < -0.4 is 0 Å². The summed E-state index contributed by atoms with van der Waals surface area (Å²) in [5.74, 6) is -3.47. The molecule has 0 aliphatic heterocycles. The van der Waals surface area contributed by atoms with Gasteiger partial charge in [0.25, 0.3) is 0 Å². The number of rotatable bonds is 6. The molecule has 0 bridgehead atoms. The van der Waals surface area contributed by atoms with E-state index in [1.807, 2.05) is 0 Å². The Kier molecular flexibility index (Phi) is 5.76. The molecule has 0 radical (unpaired) electrons. The van der Waals surface area contributed by atoms with Crippen molar-refractivity contribution in [3.63, 3.8) is 0 Å². The molecule has 9 heteroatoms. The van der Waals surface area contributed by atoms with Crippen molar-refractivity contribution in [2.24, 2.45) is 0 Å². The van der Waals surface area contributed by atoms with Crippen LogP contribution in [0, 0.1) is 11.6 Å². The van der Waals surface area contributed by atoms with E-state index in [-0.39, 0.29) is 6.54 Å². The highest BCUT2D eigenvalue weighted by Gasteiger charge is 2.35. The highest BCUT2D eigenvalue weighted by molar-refractivity contribution is 7.89. The molecule has 21 heavy (non-hydrogen) atoms. The highest BCUT2D eigenvalue weighted by Crippen LogP contribution is 2.20. The van der Waals surface area contributed by atoms with Crippen molar-refractivity contribution in [3.05, 3.63) is 29.8 Å². The molecule has 0 aliphatic rings. The lowest BCUT2D eigenvalue weighted by molar-refractivity contribution is -0.146. The van der Waals surface area contributed by atoms with E-state index in [1.165, 1.54) is 6.92 Å². The molecule has 0 saturated heterocycles. The largest absolute Gasteiger partial charge is 0.468 e. The number of carbonyl (C=O) groups is 1. The number of aliphatic hydroxyl groups is 1. The van der Waals surface area contributed by atoms with E-state index < -0.39 is 45.2 Å². The molecule has 1 aromatic rings. The molecule has 1 atom stereocenters. The summed E-state index contributed by atoms with van der Waals surface area (Å²) < 4.78 is 55.9. The molecule has 0 aromatic heterocycles. The van der Waals surface area contributed by atoms with Gasteiger partial charge in [-0.25, -0.2) is 17.2 Å². The van der Waals surface area contributed by atoms with Gasteiger partial charge in [0.15, 0.2) is 11.6 Å². The van der Waals surface area contributed by atoms with E-state index in [2.05, 4.69) is 4.74 Å². The fraction of sp³-hybridized carbons (Fsp3) is 0.417. The lowest BCUT2D eigenvalue weighted by atomic mass is 10.3. The van der Waals surface area contributed by atoms with Crippen LogP contribution in [0.1, 0.15) is 6.92 Å². The molecule has 6 nitrogen and oxygen atoms in total. The first-order valence-corrected chi connectivity index (χ1v) is 7.39. The van der Waals surface area contributed by atoms with Gasteiger partial charge < -0.3 is 9.84 Å². The lowest BCUT2D eigenvalue weighted by Gasteiger charge is -2.26. The number of carbonyl (C=O) groups excluding carboxylic acids is 1. The van der Waals surface area contributed by atoms with E-state index in [4.69, 9.17) is 0 Å². The highest BCUT2D eigenvalue weighted by atomic mass is 32.2. The smallest absolute Gasteiger partial charge is 0.326 e. The lowest BCUT2D eigenvalue weighted by Crippen LogP contribution is -2.47. The SMILES string of the molecule is CCN([C@@H](CO)C(=O)OC)S(=O)(=O)c1ccc(F)c(F)c1. The summed E-state index contributed by atoms with van der Waals surface area (Å²) in [5, 5.41) is 9.20. The molecule has 0 heterocycles. The minimum atomic E-state index is -4.29. The van der Waals surface area contributed by atoms with E-state index in [0.29, 0.717) is 16.4 Å². The Hall–Kier alpha value is -1.58. The topological polar surface area (TPSA) is 83.9 Å². The van der Waals surface area contributed by atoms with Gasteiger partial charge in [0.1, 0.15) is 6.04 Å². The quantitative estimate of drug-likeness (QED) is 0.771. The number of nitrogens with zero attached hydrogens (tertiary/aromatic N) is 1. The van der Waals surface area contributed by atoms with Crippen LogP contribution in [-0.4, -0.2) is 50.1 Å². The Labute approximate surface area is 121 Å². The fourth-order valence-electron chi connectivity index (χ4n) is 1.75. The second-order valence-corrected chi connectivity index (χ2v) is 5.90. The zero-order chi connectivity index (χ0) is 16.2. The van der Waals surface area contributed by atoms with Gasteiger partial charge in [0, 0.05) is 6.54 Å². The number of benzene rings is 1. The first-order valence-electron chi connectivity index (χ1n) is 5.95. The zero-order valence-electron chi connectivity index (χ0n) is 11.4. The van der Waals surface area contributed by atoms with Crippen molar-refractivity contribution in [2.75, 3.05) is 20.3 Å². The van der Waals surface area contributed by atoms with Crippen molar-refractivity contribution in [1.29, 1.82) is 0 Å². The Morgan fingerprint density at radius 2 is 2.00 bits per heavy atom. The number of esters is 1. The molecule has 0 fully saturated rings. The molecule has 0 saturated carbocycles. The Morgan fingerprint density at radius 3 is 2.43 bits per heavy atom. The molecule has 0 unspecified atom stereocenters. The summed E-state index contributed by atoms with van der Waals surface area (Å²) in [7, 11) is -3.25. The molecule has 1 aromatic carbocycles. The molecular formula is C12H15F2NO5S. The molecule has 118 valence electrons. The normalized spacial score (nSPS) is 13.2. The third-order valence-corrected chi connectivity index (χ3v) is 4.78. The molecule has 0 spiro atoms. The first-order chi connectivity index (χ1) is 9.79. The second kappa shape index (κ2) is 6.92. The van der Waals surface area contributed by atoms with Gasteiger partial charge in [-0.2, -0.15) is 4.31 Å². The number of ether oxygens (including phenoxy) is 1. The monoisotopic (exact) mass is 323 g/mol. The first kappa shape index (κ1) is 17.5. The standard InChI is InChI=1S/C12H15F2NO5S/c1-3-15(11(7-16)12(17)20-2)21(18,19)8-4-5-9(13)10(14)6-8/h4-6,11,16H,3,7H2,1-2H3/t11-/m0/s1. The average Bonchev–Trinajstić information content (AvgIpc) is 2.46. The Balaban J connectivity index is 3.29. The van der Waals surface area contributed by atoms with E-state index >= 15 is 0 Å². The van der Waals surface area contributed by atoms with Gasteiger partial charge in [-0.1, -0.05) is 6.92 Å². The number of sulfonamides is 1. The molecule has 0 aliphatic carbocycles. The summed E-state index contributed by atoms with van der Waals surface area (Å²) in [6, 6.07) is 0.599. The summed E-state index contributed by atoms with van der Waals surface area (Å²) in [4.78, 5) is 11.0. The van der Waals surface area contributed by atoms with Crippen molar-refractivity contribution in [1.82, 2.24) is 4.31 Å². The molecule has 0 amide bonds. The number of aliphatic hydroxyl groups excluding tert-OH is 1. The zero-order valence-corrected chi connectivity index (χ0v) is 12.2. The fourth-order valence-corrected chi connectivity index (χ4v) is 3.34. The minimum absolute atomic E-state index is 0.165.